The first-order chi connectivity index (χ1) is 6.75. The zero-order valence-electron chi connectivity index (χ0n) is 8.24. The number of rotatable bonds is 1. The van der Waals surface area contributed by atoms with Crippen LogP contribution in [0.2, 0.25) is 0 Å². The maximum atomic E-state index is 4.02. The molecule has 0 radical (unpaired) electrons. The van der Waals surface area contributed by atoms with Crippen molar-refractivity contribution in [1.29, 1.82) is 0 Å². The van der Waals surface area contributed by atoms with Crippen LogP contribution >= 0.6 is 0 Å². The molecular formula is C13H14N+. The summed E-state index contributed by atoms with van der Waals surface area (Å²) in [7, 11) is 0. The van der Waals surface area contributed by atoms with E-state index in [9.17, 15) is 0 Å². The highest BCUT2D eigenvalue weighted by Crippen LogP contribution is 2.18. The maximum Gasteiger partial charge on any atom is 0.205 e. The number of hydrogen-bond acceptors (Lipinski definition) is 0. The first kappa shape index (κ1) is 8.95. The van der Waals surface area contributed by atoms with Crippen LogP contribution in [0.4, 0.5) is 5.69 Å². The lowest BCUT2D eigenvalue weighted by molar-refractivity contribution is -0.428. The molecule has 1 aromatic carbocycles. The Hall–Kier alpha value is -1.63. The smallest absolute Gasteiger partial charge is 0.195 e. The Labute approximate surface area is 84.7 Å². The van der Waals surface area contributed by atoms with Crippen molar-refractivity contribution in [1.82, 2.24) is 0 Å². The van der Waals surface area contributed by atoms with Gasteiger partial charge in [0, 0.05) is 24.1 Å². The van der Waals surface area contributed by atoms with Crippen molar-refractivity contribution in [3.05, 3.63) is 54.6 Å². The standard InChI is InChI=1S/C13H14N/c1-11-8-12(2)10-14(9-11)13-6-4-3-5-7-13/h3-7,9H,1-2,8,10H2/q+1. The third kappa shape index (κ3) is 1.82. The molecule has 1 heterocycles. The lowest BCUT2D eigenvalue weighted by Crippen LogP contribution is -2.17. The molecule has 0 unspecified atom stereocenters. The van der Waals surface area contributed by atoms with Crippen molar-refractivity contribution in [2.24, 2.45) is 0 Å². The van der Waals surface area contributed by atoms with Crippen LogP contribution in [0.15, 0.2) is 54.6 Å². The molecule has 2 rings (SSSR count). The highest BCUT2D eigenvalue weighted by Gasteiger charge is 2.16. The van der Waals surface area contributed by atoms with Crippen molar-refractivity contribution >= 4 is 11.9 Å². The van der Waals surface area contributed by atoms with Gasteiger partial charge in [-0.3, -0.25) is 0 Å². The molecule has 0 bridgehead atoms. The minimum absolute atomic E-state index is 0.906. The predicted octanol–water partition coefficient (Wildman–Crippen LogP) is 2.92. The van der Waals surface area contributed by atoms with E-state index in [1.807, 2.05) is 18.2 Å². The summed E-state index contributed by atoms with van der Waals surface area (Å²) in [4.78, 5) is 0. The molecule has 0 saturated heterocycles. The van der Waals surface area contributed by atoms with Gasteiger partial charge in [0.25, 0.3) is 0 Å². The third-order valence-electron chi connectivity index (χ3n) is 2.30. The van der Waals surface area contributed by atoms with Crippen molar-refractivity contribution in [2.45, 2.75) is 6.42 Å². The fourth-order valence-corrected chi connectivity index (χ4v) is 1.71. The minimum atomic E-state index is 0.906. The zero-order valence-corrected chi connectivity index (χ0v) is 8.24. The van der Waals surface area contributed by atoms with Gasteiger partial charge in [0.2, 0.25) is 5.69 Å². The Balaban J connectivity index is 2.35. The molecule has 0 aliphatic carbocycles. The van der Waals surface area contributed by atoms with Gasteiger partial charge in [-0.15, -0.1) is 0 Å². The average molecular weight is 184 g/mol. The number of nitrogens with zero attached hydrogens (tertiary/aromatic N) is 1. The summed E-state index contributed by atoms with van der Waals surface area (Å²) in [5.74, 6) is 0. The Kier molecular flexibility index (Phi) is 2.32. The van der Waals surface area contributed by atoms with Crippen molar-refractivity contribution in [2.75, 3.05) is 6.54 Å². The van der Waals surface area contributed by atoms with Gasteiger partial charge in [0.1, 0.15) is 0 Å². The van der Waals surface area contributed by atoms with Crippen LogP contribution in [0.3, 0.4) is 0 Å². The Morgan fingerprint density at radius 2 is 1.79 bits per heavy atom. The second-order valence-corrected chi connectivity index (χ2v) is 3.68. The highest BCUT2D eigenvalue weighted by molar-refractivity contribution is 5.76. The quantitative estimate of drug-likeness (QED) is 0.466. The third-order valence-corrected chi connectivity index (χ3v) is 2.30. The predicted molar refractivity (Wildman–Crippen MR) is 60.2 cm³/mol. The van der Waals surface area contributed by atoms with Gasteiger partial charge >= 0.3 is 0 Å². The van der Waals surface area contributed by atoms with Crippen LogP contribution in [-0.4, -0.2) is 17.3 Å². The molecule has 0 amide bonds. The van der Waals surface area contributed by atoms with E-state index >= 15 is 0 Å². The summed E-state index contributed by atoms with van der Waals surface area (Å²) in [5.41, 5.74) is 3.56. The average Bonchev–Trinajstić information content (AvgIpc) is 2.18. The number of para-hydroxylation sites is 1. The molecule has 1 aliphatic rings. The van der Waals surface area contributed by atoms with Crippen molar-refractivity contribution in [3.63, 3.8) is 0 Å². The van der Waals surface area contributed by atoms with Gasteiger partial charge in [-0.1, -0.05) is 31.4 Å². The molecule has 14 heavy (non-hydrogen) atoms. The molecule has 0 fully saturated rings. The summed E-state index contributed by atoms with van der Waals surface area (Å²) in [6.07, 6.45) is 3.04. The largest absolute Gasteiger partial charge is 0.205 e. The molecule has 1 aromatic rings. The summed E-state index contributed by atoms with van der Waals surface area (Å²) in [6.45, 7) is 8.91. The molecule has 0 aromatic heterocycles. The second kappa shape index (κ2) is 3.62. The van der Waals surface area contributed by atoms with E-state index in [0.717, 1.165) is 18.5 Å². The van der Waals surface area contributed by atoms with Crippen LogP contribution in [0, 0.1) is 0 Å². The van der Waals surface area contributed by atoms with Crippen LogP contribution in [0.25, 0.3) is 0 Å². The SMILES string of the molecule is C=C1C=[N+](c2ccccc2)CC(=C)C1. The molecule has 0 spiro atoms. The fraction of sp³-hybridized carbons (Fsp3) is 0.154. The molecule has 1 nitrogen and oxygen atoms in total. The van der Waals surface area contributed by atoms with Gasteiger partial charge in [-0.05, 0) is 5.57 Å². The van der Waals surface area contributed by atoms with Gasteiger partial charge < -0.3 is 0 Å². The lowest BCUT2D eigenvalue weighted by atomic mass is 10.1. The topological polar surface area (TPSA) is 3.01 Å². The maximum absolute atomic E-state index is 4.02. The van der Waals surface area contributed by atoms with Crippen LogP contribution in [0.1, 0.15) is 6.42 Å². The number of benzene rings is 1. The van der Waals surface area contributed by atoms with E-state index in [2.05, 4.69) is 36.1 Å². The molecule has 0 atom stereocenters. The Morgan fingerprint density at radius 1 is 1.07 bits per heavy atom. The van der Waals surface area contributed by atoms with Crippen molar-refractivity contribution < 1.29 is 4.58 Å². The first-order valence-corrected chi connectivity index (χ1v) is 4.77. The van der Waals surface area contributed by atoms with Crippen LogP contribution in [0.5, 0.6) is 0 Å². The van der Waals surface area contributed by atoms with Crippen LogP contribution in [-0.2, 0) is 0 Å². The van der Waals surface area contributed by atoms with Crippen LogP contribution < -0.4 is 0 Å². The Morgan fingerprint density at radius 3 is 2.43 bits per heavy atom. The summed E-state index contributed by atoms with van der Waals surface area (Å²) in [5, 5.41) is 0. The van der Waals surface area contributed by atoms with E-state index < -0.39 is 0 Å². The van der Waals surface area contributed by atoms with Gasteiger partial charge in [-0.2, -0.15) is 4.58 Å². The Bertz CT molecular complexity index is 399. The monoisotopic (exact) mass is 184 g/mol. The molecule has 1 aliphatic heterocycles. The second-order valence-electron chi connectivity index (χ2n) is 3.68. The normalized spacial score (nSPS) is 16.7. The first-order valence-electron chi connectivity index (χ1n) is 4.77. The molecule has 0 saturated carbocycles. The van der Waals surface area contributed by atoms with Crippen molar-refractivity contribution in [3.8, 4) is 0 Å². The lowest BCUT2D eigenvalue weighted by Gasteiger charge is -2.11. The summed E-state index contributed by atoms with van der Waals surface area (Å²) < 4.78 is 2.19. The fourth-order valence-electron chi connectivity index (χ4n) is 1.71. The van der Waals surface area contributed by atoms with Gasteiger partial charge in [0.05, 0.1) is 0 Å². The van der Waals surface area contributed by atoms with Gasteiger partial charge in [-0.25, -0.2) is 0 Å². The van der Waals surface area contributed by atoms with E-state index in [0.29, 0.717) is 0 Å². The summed E-state index contributed by atoms with van der Waals surface area (Å²) >= 11 is 0. The minimum Gasteiger partial charge on any atom is -0.195 e. The van der Waals surface area contributed by atoms with E-state index in [4.69, 9.17) is 0 Å². The van der Waals surface area contributed by atoms with E-state index in [-0.39, 0.29) is 0 Å². The number of allylic oxidation sites excluding steroid dienone is 1. The van der Waals surface area contributed by atoms with E-state index in [1.165, 1.54) is 11.3 Å². The molecular weight excluding hydrogens is 170 g/mol. The van der Waals surface area contributed by atoms with Gasteiger partial charge in [0.15, 0.2) is 12.8 Å². The van der Waals surface area contributed by atoms with E-state index in [1.54, 1.807) is 0 Å². The zero-order chi connectivity index (χ0) is 9.97. The molecule has 70 valence electrons. The summed E-state index contributed by atoms with van der Waals surface area (Å²) in [6, 6.07) is 10.3. The molecule has 0 N–H and O–H groups in total. The number of hydrogen-bond donors (Lipinski definition) is 0. The molecule has 1 heteroatoms. The highest BCUT2D eigenvalue weighted by atomic mass is 15.0.